The van der Waals surface area contributed by atoms with E-state index >= 15 is 0 Å². The fraction of sp³-hybridized carbons (Fsp3) is 0.273. The van der Waals surface area contributed by atoms with Crippen LogP contribution >= 0.6 is 0 Å². The first-order valence-electron chi connectivity index (χ1n) is 14.2. The zero-order chi connectivity index (χ0) is 31.6. The lowest BCUT2D eigenvalue weighted by molar-refractivity contribution is -0.120. The van der Waals surface area contributed by atoms with E-state index in [1.165, 1.54) is 46.0 Å². The summed E-state index contributed by atoms with van der Waals surface area (Å²) in [4.78, 5) is 55.2. The molecule has 0 aliphatic carbocycles. The van der Waals surface area contributed by atoms with Crippen LogP contribution in [0.2, 0.25) is 0 Å². The van der Waals surface area contributed by atoms with Gasteiger partial charge in [0.15, 0.2) is 11.4 Å². The minimum atomic E-state index is -0.811. The number of rotatable bonds is 14. The SMILES string of the molecule is C=CCCCC(=O)N1CN(C)C(=O)c2c(OCc3ccccc3)c(=O)c(C(=O)NCc3ccc(F)cc3OCCC=C)cn21. The molecule has 0 saturated heterocycles. The van der Waals surface area contributed by atoms with Gasteiger partial charge in [-0.15, -0.1) is 13.2 Å². The largest absolute Gasteiger partial charge is 0.493 e. The Morgan fingerprint density at radius 3 is 2.52 bits per heavy atom. The molecule has 2 heterocycles. The first kappa shape index (κ1) is 31.7. The van der Waals surface area contributed by atoms with Gasteiger partial charge in [0.05, 0.1) is 6.61 Å². The second kappa shape index (κ2) is 14.8. The summed E-state index contributed by atoms with van der Waals surface area (Å²) in [6.45, 7) is 7.35. The summed E-state index contributed by atoms with van der Waals surface area (Å²) in [7, 11) is 1.51. The van der Waals surface area contributed by atoms with E-state index in [9.17, 15) is 23.6 Å². The van der Waals surface area contributed by atoms with Gasteiger partial charge in [0.25, 0.3) is 11.8 Å². The normalized spacial score (nSPS) is 12.4. The predicted molar refractivity (Wildman–Crippen MR) is 164 cm³/mol. The van der Waals surface area contributed by atoms with Gasteiger partial charge in [-0.25, -0.2) is 14.1 Å². The van der Waals surface area contributed by atoms with Gasteiger partial charge >= 0.3 is 0 Å². The zero-order valence-corrected chi connectivity index (χ0v) is 24.6. The molecular formula is C33H35FN4O6. The topological polar surface area (TPSA) is 110 Å². The summed E-state index contributed by atoms with van der Waals surface area (Å²) in [6.07, 6.45) is 6.40. The molecule has 2 aromatic carbocycles. The van der Waals surface area contributed by atoms with E-state index in [4.69, 9.17) is 9.47 Å². The Morgan fingerprint density at radius 1 is 1.05 bits per heavy atom. The monoisotopic (exact) mass is 602 g/mol. The average molecular weight is 603 g/mol. The van der Waals surface area contributed by atoms with Crippen LogP contribution in [0.15, 0.2) is 84.8 Å². The summed E-state index contributed by atoms with van der Waals surface area (Å²) in [5.74, 6) is -2.25. The number of nitrogens with zero attached hydrogens (tertiary/aromatic N) is 3. The molecule has 3 aromatic rings. The molecule has 4 rings (SSSR count). The Balaban J connectivity index is 1.72. The molecule has 44 heavy (non-hydrogen) atoms. The van der Waals surface area contributed by atoms with Crippen molar-refractivity contribution in [2.24, 2.45) is 0 Å². The number of allylic oxidation sites excluding steroid dienone is 1. The molecule has 1 aliphatic rings. The number of nitrogens with one attached hydrogen (secondary N) is 1. The number of benzene rings is 2. The van der Waals surface area contributed by atoms with Gasteiger partial charge in [0.2, 0.25) is 11.3 Å². The summed E-state index contributed by atoms with van der Waals surface area (Å²) in [5.41, 5.74) is -0.0963. The molecule has 0 saturated carbocycles. The standard InChI is InChI=1S/C33H35FN4O6/c1-4-6-9-14-28(39)38-22-36(3)33(42)29-31(44-21-23-12-10-8-11-13-23)30(40)26(20-37(29)38)32(41)35-19-24-15-16-25(34)18-27(24)43-17-7-5-2/h4-5,8,10-13,15-16,18,20H,1-2,6-7,9,14,17,19,21-22H2,3H3,(H,35,41). The number of unbranched alkanes of at least 4 members (excludes halogenated alkanes) is 1. The number of pyridine rings is 1. The Hall–Kier alpha value is -5.19. The molecule has 0 bridgehead atoms. The lowest BCUT2D eigenvalue weighted by atomic mass is 10.1. The van der Waals surface area contributed by atoms with Crippen LogP contribution in [0.3, 0.4) is 0 Å². The number of fused-ring (bicyclic) bond motifs is 1. The Morgan fingerprint density at radius 2 is 1.80 bits per heavy atom. The fourth-order valence-electron chi connectivity index (χ4n) is 4.56. The highest BCUT2D eigenvalue weighted by Gasteiger charge is 2.36. The van der Waals surface area contributed by atoms with E-state index in [-0.39, 0.29) is 61.5 Å². The van der Waals surface area contributed by atoms with E-state index in [2.05, 4.69) is 18.5 Å². The molecule has 0 radical (unpaired) electrons. The number of hydrogen-bond acceptors (Lipinski definition) is 6. The summed E-state index contributed by atoms with van der Waals surface area (Å²) < 4.78 is 26.7. The van der Waals surface area contributed by atoms with Gasteiger partial charge in [-0.3, -0.25) is 19.2 Å². The molecule has 0 atom stereocenters. The quantitative estimate of drug-likeness (QED) is 0.218. The highest BCUT2D eigenvalue weighted by Crippen LogP contribution is 2.24. The van der Waals surface area contributed by atoms with E-state index < -0.39 is 23.1 Å². The molecule has 0 fully saturated rings. The third kappa shape index (κ3) is 7.41. The van der Waals surface area contributed by atoms with Gasteiger partial charge in [-0.2, -0.15) is 0 Å². The van der Waals surface area contributed by atoms with Crippen LogP contribution < -0.4 is 25.2 Å². The van der Waals surface area contributed by atoms with Crippen molar-refractivity contribution < 1.29 is 28.2 Å². The number of carbonyl (C=O) groups excluding carboxylic acids is 3. The van der Waals surface area contributed by atoms with Crippen molar-refractivity contribution in [3.8, 4) is 11.5 Å². The second-order valence-electron chi connectivity index (χ2n) is 10.1. The van der Waals surface area contributed by atoms with Crippen LogP contribution in [0.5, 0.6) is 11.5 Å². The van der Waals surface area contributed by atoms with Crippen molar-refractivity contribution in [3.63, 3.8) is 0 Å². The number of amides is 3. The molecule has 1 aliphatic heterocycles. The van der Waals surface area contributed by atoms with E-state index in [1.54, 1.807) is 36.4 Å². The van der Waals surface area contributed by atoms with Gasteiger partial charge in [-0.05, 0) is 30.9 Å². The van der Waals surface area contributed by atoms with Crippen molar-refractivity contribution in [2.45, 2.75) is 38.8 Å². The third-order valence-electron chi connectivity index (χ3n) is 6.91. The minimum Gasteiger partial charge on any atom is -0.493 e. The fourth-order valence-corrected chi connectivity index (χ4v) is 4.56. The van der Waals surface area contributed by atoms with Gasteiger partial charge in [0, 0.05) is 37.8 Å². The van der Waals surface area contributed by atoms with Crippen LogP contribution in [0.1, 0.15) is 57.7 Å². The number of hydrogen-bond donors (Lipinski definition) is 1. The number of ether oxygens (including phenoxy) is 2. The number of aromatic nitrogens is 1. The smallest absolute Gasteiger partial charge is 0.277 e. The molecule has 11 heteroatoms. The average Bonchev–Trinajstić information content (AvgIpc) is 3.02. The molecule has 1 aromatic heterocycles. The Kier molecular flexibility index (Phi) is 10.7. The first-order valence-corrected chi connectivity index (χ1v) is 14.2. The van der Waals surface area contributed by atoms with Crippen LogP contribution in [0.25, 0.3) is 0 Å². The van der Waals surface area contributed by atoms with E-state index in [0.29, 0.717) is 24.8 Å². The van der Waals surface area contributed by atoms with Crippen LogP contribution in [-0.2, 0) is 17.9 Å². The Labute approximate surface area is 255 Å². The van der Waals surface area contributed by atoms with Crippen LogP contribution in [-0.4, -0.2) is 47.6 Å². The molecule has 0 spiro atoms. The zero-order valence-electron chi connectivity index (χ0n) is 24.6. The summed E-state index contributed by atoms with van der Waals surface area (Å²) in [5, 5.41) is 3.98. The molecule has 0 unspecified atom stereocenters. The molecule has 10 nitrogen and oxygen atoms in total. The van der Waals surface area contributed by atoms with Crippen molar-refractivity contribution in [1.82, 2.24) is 14.9 Å². The molecule has 1 N–H and O–H groups in total. The molecule has 230 valence electrons. The molecular weight excluding hydrogens is 567 g/mol. The van der Waals surface area contributed by atoms with Crippen LogP contribution in [0.4, 0.5) is 4.39 Å². The third-order valence-corrected chi connectivity index (χ3v) is 6.91. The van der Waals surface area contributed by atoms with E-state index in [0.717, 1.165) is 5.56 Å². The number of carbonyl (C=O) groups is 3. The van der Waals surface area contributed by atoms with Gasteiger partial charge < -0.3 is 19.7 Å². The van der Waals surface area contributed by atoms with Crippen LogP contribution in [0, 0.1) is 5.82 Å². The van der Waals surface area contributed by atoms with E-state index in [1.807, 2.05) is 6.07 Å². The highest BCUT2D eigenvalue weighted by molar-refractivity contribution is 6.01. The second-order valence-corrected chi connectivity index (χ2v) is 10.1. The number of halogens is 1. The maximum atomic E-state index is 13.9. The lowest BCUT2D eigenvalue weighted by Crippen LogP contribution is -2.55. The molecule has 3 amide bonds. The summed E-state index contributed by atoms with van der Waals surface area (Å²) >= 11 is 0. The predicted octanol–water partition coefficient (Wildman–Crippen LogP) is 4.32. The maximum absolute atomic E-state index is 13.9. The summed E-state index contributed by atoms with van der Waals surface area (Å²) in [6, 6.07) is 13.0. The van der Waals surface area contributed by atoms with Gasteiger partial charge in [0.1, 0.15) is 30.4 Å². The first-order chi connectivity index (χ1) is 21.2. The van der Waals surface area contributed by atoms with Crippen molar-refractivity contribution in [1.29, 1.82) is 0 Å². The minimum absolute atomic E-state index is 0.0561. The highest BCUT2D eigenvalue weighted by atomic mass is 19.1. The lowest BCUT2D eigenvalue weighted by Gasteiger charge is -2.37. The van der Waals surface area contributed by atoms with Crippen molar-refractivity contribution >= 4 is 17.7 Å². The Bertz CT molecular complexity index is 1600. The van der Waals surface area contributed by atoms with Gasteiger partial charge in [-0.1, -0.05) is 48.6 Å². The van der Waals surface area contributed by atoms with Crippen molar-refractivity contribution in [2.75, 3.05) is 25.3 Å². The maximum Gasteiger partial charge on any atom is 0.277 e. The van der Waals surface area contributed by atoms with Crippen molar-refractivity contribution in [3.05, 3.63) is 118 Å².